The molecule has 5 heterocycles. The smallest absolute Gasteiger partial charge is 0.227 e. The quantitative estimate of drug-likeness (QED) is 0.145. The van der Waals surface area contributed by atoms with Crippen LogP contribution >= 0.6 is 11.6 Å². The van der Waals surface area contributed by atoms with Gasteiger partial charge in [0.15, 0.2) is 0 Å². The van der Waals surface area contributed by atoms with Gasteiger partial charge in [-0.05, 0) is 71.8 Å². The van der Waals surface area contributed by atoms with E-state index in [0.29, 0.717) is 22.8 Å². The molecule has 3 aromatic heterocycles. The third-order valence-corrected chi connectivity index (χ3v) is 8.50. The SMILES string of the molecule is Clc1cc(C2CNCCO2)ccc1Nc1ncc(C2CC2)cn1.c1coc(-c2cnc(Nc3ccc([C@@H]4CNCCO4)cc3)nc2)c1. The van der Waals surface area contributed by atoms with Gasteiger partial charge in [0.05, 0.1) is 48.0 Å². The van der Waals surface area contributed by atoms with Crippen molar-refractivity contribution in [3.8, 4) is 11.3 Å². The fraction of sp³-hybridized carbons (Fsp3) is 0.314. The normalized spacial score (nSPS) is 19.3. The highest BCUT2D eigenvalue weighted by atomic mass is 35.5. The molecule has 0 bridgehead atoms. The monoisotopic (exact) mass is 652 g/mol. The summed E-state index contributed by atoms with van der Waals surface area (Å²) in [4.78, 5) is 17.4. The van der Waals surface area contributed by atoms with Gasteiger partial charge in [0.2, 0.25) is 11.9 Å². The minimum Gasteiger partial charge on any atom is -0.464 e. The Labute approximate surface area is 278 Å². The number of nitrogens with one attached hydrogen (secondary N) is 4. The molecule has 47 heavy (non-hydrogen) atoms. The van der Waals surface area contributed by atoms with Crippen molar-refractivity contribution in [2.45, 2.75) is 31.0 Å². The highest BCUT2D eigenvalue weighted by Gasteiger charge is 2.24. The van der Waals surface area contributed by atoms with E-state index < -0.39 is 0 Å². The van der Waals surface area contributed by atoms with Crippen LogP contribution < -0.4 is 21.3 Å². The predicted octanol–water partition coefficient (Wildman–Crippen LogP) is 6.55. The van der Waals surface area contributed by atoms with Crippen molar-refractivity contribution in [2.24, 2.45) is 0 Å². The van der Waals surface area contributed by atoms with Crippen LogP contribution in [0.1, 0.15) is 47.7 Å². The zero-order valence-corrected chi connectivity index (χ0v) is 26.6. The second kappa shape index (κ2) is 15.0. The first-order valence-electron chi connectivity index (χ1n) is 15.9. The maximum absolute atomic E-state index is 6.40. The molecule has 2 saturated heterocycles. The van der Waals surface area contributed by atoms with Gasteiger partial charge in [0, 0.05) is 56.7 Å². The number of hydrogen-bond acceptors (Lipinski definition) is 11. The molecule has 11 nitrogen and oxygen atoms in total. The number of ether oxygens (including phenoxy) is 2. The predicted molar refractivity (Wildman–Crippen MR) is 181 cm³/mol. The van der Waals surface area contributed by atoms with Crippen LogP contribution in [-0.4, -0.2) is 59.3 Å². The minimum atomic E-state index is 0.0596. The number of rotatable bonds is 8. The summed E-state index contributed by atoms with van der Waals surface area (Å²) in [6.45, 7) is 4.96. The summed E-state index contributed by atoms with van der Waals surface area (Å²) in [5.41, 5.74) is 6.06. The van der Waals surface area contributed by atoms with Crippen LogP contribution in [0.4, 0.5) is 23.3 Å². The average molecular weight is 653 g/mol. The highest BCUT2D eigenvalue weighted by molar-refractivity contribution is 6.33. The van der Waals surface area contributed by atoms with Gasteiger partial charge in [-0.25, -0.2) is 19.9 Å². The van der Waals surface area contributed by atoms with Gasteiger partial charge < -0.3 is 35.2 Å². The molecule has 1 saturated carbocycles. The Bertz CT molecular complexity index is 1700. The highest BCUT2D eigenvalue weighted by Crippen LogP contribution is 2.39. The fourth-order valence-corrected chi connectivity index (χ4v) is 5.65. The van der Waals surface area contributed by atoms with Crippen molar-refractivity contribution in [1.29, 1.82) is 0 Å². The van der Waals surface area contributed by atoms with Crippen LogP contribution in [0.15, 0.2) is 90.1 Å². The largest absolute Gasteiger partial charge is 0.464 e. The first-order chi connectivity index (χ1) is 23.2. The molecule has 1 unspecified atom stereocenters. The number of hydrogen-bond donors (Lipinski definition) is 4. The molecule has 4 N–H and O–H groups in total. The Hall–Kier alpha value is -4.39. The van der Waals surface area contributed by atoms with Crippen LogP contribution in [0.25, 0.3) is 11.3 Å². The Kier molecular flexibility index (Phi) is 9.97. The van der Waals surface area contributed by atoms with Crippen LogP contribution in [0.3, 0.4) is 0 Å². The van der Waals surface area contributed by atoms with Gasteiger partial charge >= 0.3 is 0 Å². The Balaban J connectivity index is 0.000000150. The summed E-state index contributed by atoms with van der Waals surface area (Å²) < 4.78 is 16.8. The molecule has 2 atom stereocenters. The Morgan fingerprint density at radius 2 is 1.34 bits per heavy atom. The number of anilines is 4. The van der Waals surface area contributed by atoms with E-state index >= 15 is 0 Å². The number of furan rings is 1. The summed E-state index contributed by atoms with van der Waals surface area (Å²) in [5.74, 6) is 2.54. The molecule has 0 radical (unpaired) electrons. The van der Waals surface area contributed by atoms with E-state index in [0.717, 1.165) is 67.7 Å². The number of benzene rings is 2. The molecule has 12 heteroatoms. The van der Waals surface area contributed by atoms with Crippen molar-refractivity contribution < 1.29 is 13.9 Å². The zero-order chi connectivity index (χ0) is 31.8. The molecule has 1 aliphatic carbocycles. The second-order valence-corrected chi connectivity index (χ2v) is 12.0. The van der Waals surface area contributed by atoms with Gasteiger partial charge in [-0.1, -0.05) is 29.8 Å². The molecule has 8 rings (SSSR count). The van der Waals surface area contributed by atoms with Gasteiger partial charge in [0.25, 0.3) is 0 Å². The van der Waals surface area contributed by atoms with Crippen LogP contribution in [0.5, 0.6) is 0 Å². The maximum atomic E-state index is 6.40. The van der Waals surface area contributed by atoms with E-state index in [1.165, 1.54) is 24.0 Å². The van der Waals surface area contributed by atoms with Crippen LogP contribution in [0.2, 0.25) is 5.02 Å². The number of nitrogens with zero attached hydrogens (tertiary/aromatic N) is 4. The second-order valence-electron chi connectivity index (χ2n) is 11.6. The molecule has 5 aromatic rings. The van der Waals surface area contributed by atoms with Crippen molar-refractivity contribution in [1.82, 2.24) is 30.6 Å². The van der Waals surface area contributed by atoms with E-state index in [4.69, 9.17) is 25.5 Å². The molecule has 0 amide bonds. The summed E-state index contributed by atoms with van der Waals surface area (Å²) >= 11 is 6.40. The lowest BCUT2D eigenvalue weighted by Crippen LogP contribution is -2.33. The van der Waals surface area contributed by atoms with Crippen LogP contribution in [-0.2, 0) is 9.47 Å². The Morgan fingerprint density at radius 1 is 0.702 bits per heavy atom. The van der Waals surface area contributed by atoms with Crippen LogP contribution in [0, 0.1) is 0 Å². The molecular formula is C35H37ClN8O3. The van der Waals surface area contributed by atoms with E-state index in [-0.39, 0.29) is 12.2 Å². The summed E-state index contributed by atoms with van der Waals surface area (Å²) in [6, 6.07) is 17.8. The molecule has 0 spiro atoms. The summed E-state index contributed by atoms with van der Waals surface area (Å²) in [5, 5.41) is 13.7. The first kappa shape index (κ1) is 31.2. The lowest BCUT2D eigenvalue weighted by atomic mass is 10.1. The van der Waals surface area contributed by atoms with Gasteiger partial charge in [-0.2, -0.15) is 0 Å². The van der Waals surface area contributed by atoms with Gasteiger partial charge in [-0.3, -0.25) is 0 Å². The number of halogens is 1. The summed E-state index contributed by atoms with van der Waals surface area (Å²) in [6.07, 6.45) is 11.6. The maximum Gasteiger partial charge on any atom is 0.227 e. The molecular weight excluding hydrogens is 616 g/mol. The van der Waals surface area contributed by atoms with E-state index in [1.54, 1.807) is 18.7 Å². The van der Waals surface area contributed by atoms with Crippen molar-refractivity contribution in [2.75, 3.05) is 50.0 Å². The van der Waals surface area contributed by atoms with Crippen molar-refractivity contribution in [3.63, 3.8) is 0 Å². The van der Waals surface area contributed by atoms with E-state index in [9.17, 15) is 0 Å². The zero-order valence-electron chi connectivity index (χ0n) is 25.9. The fourth-order valence-electron chi connectivity index (χ4n) is 5.42. The summed E-state index contributed by atoms with van der Waals surface area (Å²) in [7, 11) is 0. The van der Waals surface area contributed by atoms with E-state index in [2.05, 4.69) is 53.3 Å². The van der Waals surface area contributed by atoms with Gasteiger partial charge in [-0.15, -0.1) is 0 Å². The standard InChI is InChI=1S/C18H18N4O2.C17H19ClN4O/c1-2-16(23-8-1)14-10-20-18(21-11-14)22-15-5-3-13(4-6-15)17-12-19-7-9-24-17;18-14-7-12(16-10-19-5-6-23-16)3-4-15(14)22-17-20-8-13(9-21-17)11-1-2-11/h1-6,8,10-11,17,19H,7,9,12H2,(H,20,21,22);3-4,7-9,11,16,19H,1-2,5-6,10H2,(H,20,21,22)/t17-;/m0./s1. The van der Waals surface area contributed by atoms with E-state index in [1.807, 2.05) is 54.9 Å². The molecule has 2 aliphatic heterocycles. The third kappa shape index (κ3) is 8.31. The lowest BCUT2D eigenvalue weighted by Gasteiger charge is -2.24. The third-order valence-electron chi connectivity index (χ3n) is 8.18. The van der Waals surface area contributed by atoms with Crippen molar-refractivity contribution in [3.05, 3.63) is 107 Å². The number of aromatic nitrogens is 4. The topological polar surface area (TPSA) is 131 Å². The average Bonchev–Trinajstić information content (AvgIpc) is 3.84. The number of morpholine rings is 2. The molecule has 242 valence electrons. The molecule has 2 aromatic carbocycles. The Morgan fingerprint density at radius 3 is 1.94 bits per heavy atom. The van der Waals surface area contributed by atoms with Gasteiger partial charge in [0.1, 0.15) is 5.76 Å². The lowest BCUT2D eigenvalue weighted by molar-refractivity contribution is 0.0276. The molecule has 3 aliphatic rings. The van der Waals surface area contributed by atoms with Crippen molar-refractivity contribution >= 4 is 34.9 Å². The minimum absolute atomic E-state index is 0.0596. The first-order valence-corrected chi connectivity index (χ1v) is 16.3. The molecule has 3 fully saturated rings.